The van der Waals surface area contributed by atoms with Crippen LogP contribution >= 0.6 is 0 Å². The van der Waals surface area contributed by atoms with Gasteiger partial charge in [0.05, 0.1) is 18.3 Å². The van der Waals surface area contributed by atoms with Crippen LogP contribution in [0.1, 0.15) is 25.0 Å². The zero-order valence-electron chi connectivity index (χ0n) is 11.5. The first-order valence-electron chi connectivity index (χ1n) is 6.44. The molecular weight excluding hydrogens is 238 g/mol. The van der Waals surface area contributed by atoms with Crippen LogP contribution in [0.25, 0.3) is 11.1 Å². The fraction of sp³-hybridized carbons (Fsp3) is 0.286. The second kappa shape index (κ2) is 5.56. The third kappa shape index (κ3) is 2.59. The van der Waals surface area contributed by atoms with Crippen LogP contribution in [-0.4, -0.2) is 22.1 Å². The standard InChI is InChI=1S/C12H13N5.C2H6/c1-8-4-16-17-7-9(2-3-11(8)17)10-5-14-12(13)15-6-10;1-2/h2-5,7H,6H2,1H3,(H3,13,14,15);1-2H3. The summed E-state index contributed by atoms with van der Waals surface area (Å²) >= 11 is 0. The van der Waals surface area contributed by atoms with Crippen LogP contribution in [0.3, 0.4) is 0 Å². The van der Waals surface area contributed by atoms with E-state index in [1.165, 1.54) is 5.56 Å². The lowest BCUT2D eigenvalue weighted by molar-refractivity contribution is 0.954. The number of aliphatic imine (C=N–C) groups is 1. The first-order valence-corrected chi connectivity index (χ1v) is 6.44. The van der Waals surface area contributed by atoms with Gasteiger partial charge in [0.25, 0.3) is 0 Å². The minimum absolute atomic E-state index is 0.463. The molecule has 0 atom stereocenters. The first-order chi connectivity index (χ1) is 9.24. The number of hydrogen-bond donors (Lipinski definition) is 2. The highest BCUT2D eigenvalue weighted by atomic mass is 15.2. The van der Waals surface area contributed by atoms with Gasteiger partial charge in [-0.05, 0) is 29.7 Å². The Labute approximate surface area is 112 Å². The molecule has 0 aromatic carbocycles. The number of nitrogens with two attached hydrogens (primary N) is 1. The third-order valence-corrected chi connectivity index (χ3v) is 2.89. The van der Waals surface area contributed by atoms with E-state index in [9.17, 15) is 0 Å². The summed E-state index contributed by atoms with van der Waals surface area (Å²) in [6.45, 7) is 6.65. The van der Waals surface area contributed by atoms with Gasteiger partial charge in [-0.15, -0.1) is 0 Å². The van der Waals surface area contributed by atoms with Crippen molar-refractivity contribution in [3.05, 3.63) is 41.9 Å². The molecule has 0 bridgehead atoms. The average molecular weight is 257 g/mol. The summed E-state index contributed by atoms with van der Waals surface area (Å²) in [6.07, 6.45) is 5.76. The fourth-order valence-electron chi connectivity index (χ4n) is 1.90. The van der Waals surface area contributed by atoms with Gasteiger partial charge >= 0.3 is 0 Å². The van der Waals surface area contributed by atoms with Crippen LogP contribution < -0.4 is 11.1 Å². The molecule has 1 aliphatic rings. The fourth-order valence-corrected chi connectivity index (χ4v) is 1.90. The van der Waals surface area contributed by atoms with Crippen molar-refractivity contribution in [2.24, 2.45) is 10.7 Å². The highest BCUT2D eigenvalue weighted by molar-refractivity contribution is 5.85. The zero-order chi connectivity index (χ0) is 13.8. The summed E-state index contributed by atoms with van der Waals surface area (Å²) < 4.78 is 1.88. The van der Waals surface area contributed by atoms with E-state index in [0.717, 1.165) is 16.7 Å². The summed E-state index contributed by atoms with van der Waals surface area (Å²) in [4.78, 5) is 4.16. The monoisotopic (exact) mass is 257 g/mol. The lowest BCUT2D eigenvalue weighted by atomic mass is 10.1. The Bertz CT molecular complexity index is 636. The zero-order valence-corrected chi connectivity index (χ0v) is 11.5. The van der Waals surface area contributed by atoms with Crippen molar-refractivity contribution in [1.82, 2.24) is 14.9 Å². The van der Waals surface area contributed by atoms with Crippen LogP contribution in [0, 0.1) is 6.92 Å². The molecule has 0 saturated carbocycles. The smallest absolute Gasteiger partial charge is 0.192 e. The minimum Gasteiger partial charge on any atom is -0.370 e. The SMILES string of the molecule is CC.Cc1cnn2cc(C3=CNC(N)=NC3)ccc12. The molecule has 0 unspecified atom stereocenters. The number of hydrogen-bond acceptors (Lipinski definition) is 4. The predicted octanol–water partition coefficient (Wildman–Crippen LogP) is 1.93. The third-order valence-electron chi connectivity index (χ3n) is 2.89. The van der Waals surface area contributed by atoms with E-state index >= 15 is 0 Å². The molecule has 19 heavy (non-hydrogen) atoms. The number of fused-ring (bicyclic) bond motifs is 1. The van der Waals surface area contributed by atoms with Crippen molar-refractivity contribution in [2.75, 3.05) is 6.54 Å². The summed E-state index contributed by atoms with van der Waals surface area (Å²) in [5.41, 5.74) is 10.1. The van der Waals surface area contributed by atoms with Crippen molar-refractivity contribution in [3.8, 4) is 0 Å². The van der Waals surface area contributed by atoms with Crippen molar-refractivity contribution in [2.45, 2.75) is 20.8 Å². The largest absolute Gasteiger partial charge is 0.370 e. The van der Waals surface area contributed by atoms with Gasteiger partial charge in [0.2, 0.25) is 0 Å². The maximum atomic E-state index is 5.55. The quantitative estimate of drug-likeness (QED) is 0.820. The van der Waals surface area contributed by atoms with Gasteiger partial charge in [0, 0.05) is 12.4 Å². The van der Waals surface area contributed by atoms with Gasteiger partial charge < -0.3 is 11.1 Å². The maximum Gasteiger partial charge on any atom is 0.192 e. The molecule has 0 fully saturated rings. The normalized spacial score (nSPS) is 14.1. The molecule has 0 radical (unpaired) electrons. The van der Waals surface area contributed by atoms with E-state index in [1.54, 1.807) is 0 Å². The number of guanidine groups is 1. The molecule has 0 saturated heterocycles. The Kier molecular flexibility index (Phi) is 3.85. The molecule has 3 heterocycles. The first kappa shape index (κ1) is 13.1. The van der Waals surface area contributed by atoms with Gasteiger partial charge in [-0.1, -0.05) is 19.9 Å². The summed E-state index contributed by atoms with van der Waals surface area (Å²) in [6, 6.07) is 4.15. The Balaban J connectivity index is 0.000000637. The lowest BCUT2D eigenvalue weighted by Gasteiger charge is -2.12. The highest BCUT2D eigenvalue weighted by Gasteiger charge is 2.08. The molecule has 2 aromatic rings. The van der Waals surface area contributed by atoms with Gasteiger partial charge in [-0.2, -0.15) is 5.10 Å². The molecule has 5 heteroatoms. The molecule has 0 spiro atoms. The highest BCUT2D eigenvalue weighted by Crippen LogP contribution is 2.18. The van der Waals surface area contributed by atoms with Gasteiger partial charge in [0.1, 0.15) is 0 Å². The van der Waals surface area contributed by atoms with Crippen molar-refractivity contribution in [3.63, 3.8) is 0 Å². The van der Waals surface area contributed by atoms with E-state index in [-0.39, 0.29) is 0 Å². The van der Waals surface area contributed by atoms with E-state index in [4.69, 9.17) is 5.73 Å². The van der Waals surface area contributed by atoms with Gasteiger partial charge in [-0.25, -0.2) is 9.51 Å². The van der Waals surface area contributed by atoms with Crippen LogP contribution in [-0.2, 0) is 0 Å². The van der Waals surface area contributed by atoms with Crippen LogP contribution in [0.5, 0.6) is 0 Å². The second-order valence-electron chi connectivity index (χ2n) is 4.09. The number of rotatable bonds is 1. The summed E-state index contributed by atoms with van der Waals surface area (Å²) in [5, 5.41) is 7.22. The van der Waals surface area contributed by atoms with Gasteiger partial charge in [0.15, 0.2) is 5.96 Å². The Morgan fingerprint density at radius 2 is 2.11 bits per heavy atom. The molecule has 3 N–H and O–H groups in total. The molecule has 0 amide bonds. The van der Waals surface area contributed by atoms with E-state index in [0.29, 0.717) is 12.5 Å². The second-order valence-corrected chi connectivity index (χ2v) is 4.09. The van der Waals surface area contributed by atoms with E-state index < -0.39 is 0 Å². The number of aromatic nitrogens is 2. The maximum absolute atomic E-state index is 5.55. The average Bonchev–Trinajstić information content (AvgIpc) is 2.83. The molecule has 3 rings (SSSR count). The van der Waals surface area contributed by atoms with Crippen LogP contribution in [0.15, 0.2) is 35.7 Å². The Morgan fingerprint density at radius 1 is 1.32 bits per heavy atom. The number of pyridine rings is 1. The molecule has 1 aliphatic heterocycles. The summed E-state index contributed by atoms with van der Waals surface area (Å²) in [5.74, 6) is 0.463. The number of aryl methyl sites for hydroxylation is 1. The van der Waals surface area contributed by atoms with Crippen molar-refractivity contribution < 1.29 is 0 Å². The molecule has 5 nitrogen and oxygen atoms in total. The summed E-state index contributed by atoms with van der Waals surface area (Å²) in [7, 11) is 0. The molecule has 100 valence electrons. The molecular formula is C14H19N5. The Morgan fingerprint density at radius 3 is 2.79 bits per heavy atom. The van der Waals surface area contributed by atoms with Crippen LogP contribution in [0.4, 0.5) is 0 Å². The predicted molar refractivity (Wildman–Crippen MR) is 78.9 cm³/mol. The molecule has 2 aromatic heterocycles. The minimum atomic E-state index is 0.463. The van der Waals surface area contributed by atoms with Crippen molar-refractivity contribution >= 4 is 17.0 Å². The molecule has 0 aliphatic carbocycles. The van der Waals surface area contributed by atoms with Gasteiger partial charge in [-0.3, -0.25) is 0 Å². The topological polar surface area (TPSA) is 67.7 Å². The lowest BCUT2D eigenvalue weighted by Crippen LogP contribution is -2.30. The van der Waals surface area contributed by atoms with Crippen LogP contribution in [0.2, 0.25) is 0 Å². The van der Waals surface area contributed by atoms with E-state index in [1.807, 2.05) is 37.0 Å². The number of nitrogens with one attached hydrogen (secondary N) is 1. The van der Waals surface area contributed by atoms with E-state index in [2.05, 4.69) is 34.5 Å². The Hall–Kier alpha value is -2.30. The number of nitrogens with zero attached hydrogens (tertiary/aromatic N) is 3. The van der Waals surface area contributed by atoms with Crippen molar-refractivity contribution in [1.29, 1.82) is 0 Å².